The maximum Gasteiger partial charge on any atom is 0.172 e. The van der Waals surface area contributed by atoms with E-state index in [4.69, 9.17) is 19.6 Å². The molecule has 9 heteroatoms. The van der Waals surface area contributed by atoms with Crippen LogP contribution in [0.5, 0.6) is 11.5 Å². The van der Waals surface area contributed by atoms with Gasteiger partial charge in [-0.1, -0.05) is 0 Å². The predicted octanol–water partition coefficient (Wildman–Crippen LogP) is 4.32. The standard InChI is InChI=1S/C22H21BrN6O2/c23-17-11-25-28(13-17)15-21-26-22(29(27-21)14-20-4-2-10-30-20)16-5-7-18(8-6-16)31-19-3-1-9-24-12-19/h1,3,5-9,11-13,20H,2,4,10,14-15H2. The minimum absolute atomic E-state index is 0.167. The van der Waals surface area contributed by atoms with Gasteiger partial charge in [-0.15, -0.1) is 0 Å². The Morgan fingerprint density at radius 3 is 2.74 bits per heavy atom. The van der Waals surface area contributed by atoms with Gasteiger partial charge in [0.05, 0.1) is 29.5 Å². The van der Waals surface area contributed by atoms with Crippen molar-refractivity contribution in [2.45, 2.75) is 32.0 Å². The second-order valence-electron chi connectivity index (χ2n) is 7.34. The summed E-state index contributed by atoms with van der Waals surface area (Å²) in [6, 6.07) is 11.6. The van der Waals surface area contributed by atoms with Gasteiger partial charge in [0.25, 0.3) is 0 Å². The Kier molecular flexibility index (Phi) is 5.77. The summed E-state index contributed by atoms with van der Waals surface area (Å²) in [7, 11) is 0. The van der Waals surface area contributed by atoms with E-state index in [1.165, 1.54) is 0 Å². The minimum Gasteiger partial charge on any atom is -0.456 e. The average Bonchev–Trinajstić information content (AvgIpc) is 3.53. The van der Waals surface area contributed by atoms with Crippen LogP contribution >= 0.6 is 15.9 Å². The quantitative estimate of drug-likeness (QED) is 0.391. The zero-order chi connectivity index (χ0) is 21.0. The van der Waals surface area contributed by atoms with Crippen LogP contribution in [0.15, 0.2) is 65.7 Å². The lowest BCUT2D eigenvalue weighted by atomic mass is 10.2. The van der Waals surface area contributed by atoms with Gasteiger partial charge in [-0.25, -0.2) is 9.67 Å². The molecule has 0 aliphatic carbocycles. The van der Waals surface area contributed by atoms with Crippen LogP contribution in [-0.2, 0) is 17.8 Å². The highest BCUT2D eigenvalue weighted by Crippen LogP contribution is 2.26. The molecule has 0 bridgehead atoms. The Morgan fingerprint density at radius 1 is 1.13 bits per heavy atom. The molecule has 5 rings (SSSR count). The third kappa shape index (κ3) is 4.83. The second kappa shape index (κ2) is 8.99. The molecule has 1 fully saturated rings. The lowest BCUT2D eigenvalue weighted by molar-refractivity contribution is 0.0942. The van der Waals surface area contributed by atoms with Gasteiger partial charge in [-0.3, -0.25) is 9.67 Å². The highest BCUT2D eigenvalue weighted by atomic mass is 79.9. The molecule has 1 saturated heterocycles. The molecule has 1 aliphatic heterocycles. The van der Waals surface area contributed by atoms with Crippen molar-refractivity contribution in [1.82, 2.24) is 29.5 Å². The van der Waals surface area contributed by atoms with Crippen molar-refractivity contribution in [1.29, 1.82) is 0 Å². The number of hydrogen-bond acceptors (Lipinski definition) is 6. The average molecular weight is 481 g/mol. The molecule has 0 radical (unpaired) electrons. The molecule has 0 spiro atoms. The van der Waals surface area contributed by atoms with Crippen molar-refractivity contribution >= 4 is 15.9 Å². The molecule has 158 valence electrons. The number of halogens is 1. The number of hydrogen-bond donors (Lipinski definition) is 0. The van der Waals surface area contributed by atoms with Crippen LogP contribution in [0.2, 0.25) is 0 Å². The smallest absolute Gasteiger partial charge is 0.172 e. The summed E-state index contributed by atoms with van der Waals surface area (Å²) in [6.45, 7) is 1.99. The summed E-state index contributed by atoms with van der Waals surface area (Å²) in [6.07, 6.45) is 9.36. The van der Waals surface area contributed by atoms with E-state index in [0.29, 0.717) is 24.7 Å². The van der Waals surface area contributed by atoms with Gasteiger partial charge in [-0.2, -0.15) is 10.2 Å². The van der Waals surface area contributed by atoms with Crippen molar-refractivity contribution in [3.05, 3.63) is 71.5 Å². The molecule has 1 aromatic carbocycles. The second-order valence-corrected chi connectivity index (χ2v) is 8.26. The molecule has 0 saturated carbocycles. The topological polar surface area (TPSA) is 79.9 Å². The maximum absolute atomic E-state index is 5.85. The summed E-state index contributed by atoms with van der Waals surface area (Å²) in [5.74, 6) is 2.96. The normalized spacial score (nSPS) is 16.0. The highest BCUT2D eigenvalue weighted by molar-refractivity contribution is 9.10. The zero-order valence-electron chi connectivity index (χ0n) is 16.8. The summed E-state index contributed by atoms with van der Waals surface area (Å²) >= 11 is 3.43. The molecule has 1 aliphatic rings. The van der Waals surface area contributed by atoms with Gasteiger partial charge in [0.1, 0.15) is 18.0 Å². The molecule has 0 N–H and O–H groups in total. The van der Waals surface area contributed by atoms with Gasteiger partial charge in [0.2, 0.25) is 0 Å². The molecule has 8 nitrogen and oxygen atoms in total. The first-order chi connectivity index (χ1) is 15.2. The van der Waals surface area contributed by atoms with E-state index in [0.717, 1.165) is 41.1 Å². The summed E-state index contributed by atoms with van der Waals surface area (Å²) in [4.78, 5) is 8.89. The van der Waals surface area contributed by atoms with Gasteiger partial charge < -0.3 is 9.47 Å². The van der Waals surface area contributed by atoms with E-state index in [1.807, 2.05) is 52.0 Å². The van der Waals surface area contributed by atoms with Crippen LogP contribution < -0.4 is 4.74 Å². The third-order valence-corrected chi connectivity index (χ3v) is 5.41. The first kappa shape index (κ1) is 19.9. The SMILES string of the molecule is Brc1cnn(Cc2nc(-c3ccc(Oc4cccnc4)cc3)n(CC3CCCO3)n2)c1. The summed E-state index contributed by atoms with van der Waals surface area (Å²) in [5.41, 5.74) is 0.969. The van der Waals surface area contributed by atoms with Gasteiger partial charge in [-0.05, 0) is 65.2 Å². The first-order valence-electron chi connectivity index (χ1n) is 10.1. The molecule has 4 aromatic rings. The number of rotatable bonds is 7. The number of benzene rings is 1. The molecule has 1 unspecified atom stereocenters. The highest BCUT2D eigenvalue weighted by Gasteiger charge is 2.20. The van der Waals surface area contributed by atoms with Crippen molar-refractivity contribution in [2.24, 2.45) is 0 Å². The van der Waals surface area contributed by atoms with Crippen molar-refractivity contribution < 1.29 is 9.47 Å². The molecular formula is C22H21BrN6O2. The largest absolute Gasteiger partial charge is 0.456 e. The van der Waals surface area contributed by atoms with E-state index in [-0.39, 0.29) is 6.10 Å². The number of pyridine rings is 1. The van der Waals surface area contributed by atoms with Crippen LogP contribution in [-0.4, -0.2) is 42.2 Å². The van der Waals surface area contributed by atoms with Crippen molar-refractivity contribution in [2.75, 3.05) is 6.61 Å². The molecule has 31 heavy (non-hydrogen) atoms. The number of nitrogens with zero attached hydrogens (tertiary/aromatic N) is 6. The number of ether oxygens (including phenoxy) is 2. The van der Waals surface area contributed by atoms with Crippen molar-refractivity contribution in [3.63, 3.8) is 0 Å². The lowest BCUT2D eigenvalue weighted by Gasteiger charge is -2.12. The summed E-state index contributed by atoms with van der Waals surface area (Å²) < 4.78 is 16.4. The van der Waals surface area contributed by atoms with E-state index in [1.54, 1.807) is 18.6 Å². The molecular weight excluding hydrogens is 460 g/mol. The zero-order valence-corrected chi connectivity index (χ0v) is 18.4. The van der Waals surface area contributed by atoms with Crippen LogP contribution in [0.3, 0.4) is 0 Å². The predicted molar refractivity (Wildman–Crippen MR) is 118 cm³/mol. The van der Waals surface area contributed by atoms with Crippen LogP contribution in [0.1, 0.15) is 18.7 Å². The Labute approximate surface area is 188 Å². The molecule has 1 atom stereocenters. The van der Waals surface area contributed by atoms with Gasteiger partial charge >= 0.3 is 0 Å². The monoisotopic (exact) mass is 480 g/mol. The van der Waals surface area contributed by atoms with E-state index < -0.39 is 0 Å². The van der Waals surface area contributed by atoms with E-state index in [9.17, 15) is 0 Å². The third-order valence-electron chi connectivity index (χ3n) is 5.00. The van der Waals surface area contributed by atoms with Crippen LogP contribution in [0.4, 0.5) is 0 Å². The Morgan fingerprint density at radius 2 is 2.03 bits per heavy atom. The fourth-order valence-corrected chi connectivity index (χ4v) is 3.89. The van der Waals surface area contributed by atoms with Gasteiger partial charge in [0, 0.05) is 24.6 Å². The Bertz CT molecular complexity index is 1140. The maximum atomic E-state index is 5.85. The van der Waals surface area contributed by atoms with Gasteiger partial charge in [0.15, 0.2) is 11.6 Å². The summed E-state index contributed by atoms with van der Waals surface area (Å²) in [5, 5.41) is 9.07. The first-order valence-corrected chi connectivity index (χ1v) is 10.9. The Hall–Kier alpha value is -3.04. The van der Waals surface area contributed by atoms with Crippen LogP contribution in [0.25, 0.3) is 11.4 Å². The lowest BCUT2D eigenvalue weighted by Crippen LogP contribution is -2.17. The fourth-order valence-electron chi connectivity index (χ4n) is 3.56. The van der Waals surface area contributed by atoms with E-state index in [2.05, 4.69) is 26.0 Å². The fraction of sp³-hybridized carbons (Fsp3) is 0.273. The van der Waals surface area contributed by atoms with Crippen molar-refractivity contribution in [3.8, 4) is 22.9 Å². The Balaban J connectivity index is 1.40. The molecule has 4 heterocycles. The minimum atomic E-state index is 0.167. The number of aromatic nitrogens is 6. The molecule has 3 aromatic heterocycles. The van der Waals surface area contributed by atoms with Crippen LogP contribution in [0, 0.1) is 0 Å². The van der Waals surface area contributed by atoms with E-state index >= 15 is 0 Å². The molecule has 0 amide bonds.